The highest BCUT2D eigenvalue weighted by Crippen LogP contribution is 2.45. The zero-order valence-corrected chi connectivity index (χ0v) is 17.3. The Morgan fingerprint density at radius 3 is 2.56 bits per heavy atom. The lowest BCUT2D eigenvalue weighted by molar-refractivity contribution is -0.134. The van der Waals surface area contributed by atoms with Gasteiger partial charge in [-0.2, -0.15) is 5.10 Å². The van der Waals surface area contributed by atoms with Gasteiger partial charge >= 0.3 is 6.03 Å². The van der Waals surface area contributed by atoms with Gasteiger partial charge in [-0.1, -0.05) is 27.2 Å². The largest absolute Gasteiger partial charge is 0.326 e. The second-order valence-electron chi connectivity index (χ2n) is 9.04. The minimum absolute atomic E-state index is 0.0571. The summed E-state index contributed by atoms with van der Waals surface area (Å²) in [6, 6.07) is -0.258. The average Bonchev–Trinajstić information content (AvgIpc) is 3.12. The van der Waals surface area contributed by atoms with E-state index < -0.39 is 5.54 Å². The number of aryl methyl sites for hydroxylation is 1. The summed E-state index contributed by atoms with van der Waals surface area (Å²) in [5, 5.41) is 7.19. The lowest BCUT2D eigenvalue weighted by Crippen LogP contribution is -2.51. The second kappa shape index (κ2) is 7.26. The van der Waals surface area contributed by atoms with Crippen LogP contribution in [0.1, 0.15) is 58.4 Å². The van der Waals surface area contributed by atoms with Crippen molar-refractivity contribution in [1.82, 2.24) is 24.9 Å². The van der Waals surface area contributed by atoms with Gasteiger partial charge < -0.3 is 5.32 Å². The summed E-state index contributed by atoms with van der Waals surface area (Å²) in [7, 11) is 3.79. The molecule has 150 valence electrons. The molecule has 1 N–H and O–H groups in total. The lowest BCUT2D eigenvalue weighted by atomic mass is 9.65. The molecule has 2 fully saturated rings. The molecular formula is C20H33N5O2. The fourth-order valence-corrected chi connectivity index (χ4v) is 4.48. The van der Waals surface area contributed by atoms with Crippen molar-refractivity contribution in [3.05, 3.63) is 18.0 Å². The molecule has 0 unspecified atom stereocenters. The van der Waals surface area contributed by atoms with Crippen molar-refractivity contribution in [3.63, 3.8) is 0 Å². The molecule has 0 bridgehead atoms. The molecule has 1 saturated carbocycles. The first-order valence-corrected chi connectivity index (χ1v) is 9.97. The minimum atomic E-state index is -0.688. The van der Waals surface area contributed by atoms with E-state index >= 15 is 0 Å². The maximum atomic E-state index is 13.1. The Morgan fingerprint density at radius 1 is 1.33 bits per heavy atom. The minimum Gasteiger partial charge on any atom is -0.323 e. The zero-order valence-electron chi connectivity index (χ0n) is 17.3. The molecule has 1 aromatic rings. The summed E-state index contributed by atoms with van der Waals surface area (Å²) in [4.78, 5) is 29.0. The van der Waals surface area contributed by atoms with Crippen LogP contribution in [0.3, 0.4) is 0 Å². The van der Waals surface area contributed by atoms with Gasteiger partial charge in [0.15, 0.2) is 0 Å². The maximum absolute atomic E-state index is 13.1. The number of urea groups is 1. The van der Waals surface area contributed by atoms with Gasteiger partial charge in [-0.05, 0) is 44.1 Å². The molecule has 0 radical (unpaired) electrons. The van der Waals surface area contributed by atoms with Gasteiger partial charge in [0, 0.05) is 25.4 Å². The Balaban J connectivity index is 1.62. The van der Waals surface area contributed by atoms with E-state index in [4.69, 9.17) is 0 Å². The Labute approximate surface area is 162 Å². The number of carbonyl (C=O) groups is 2. The molecular weight excluding hydrogens is 342 g/mol. The highest BCUT2D eigenvalue weighted by molar-refractivity contribution is 6.07. The fourth-order valence-electron chi connectivity index (χ4n) is 4.48. The third-order valence-electron chi connectivity index (χ3n) is 6.70. The van der Waals surface area contributed by atoms with Gasteiger partial charge in [0.1, 0.15) is 5.54 Å². The Bertz CT molecular complexity index is 703. The van der Waals surface area contributed by atoms with E-state index in [9.17, 15) is 9.59 Å². The SMILES string of the molecule is CCC(C)(C)C1CCC2(CC1)NC(=O)N(CN(C)Cc1cnn(C)c1)C2=O. The quantitative estimate of drug-likeness (QED) is 0.776. The average molecular weight is 376 g/mol. The van der Waals surface area contributed by atoms with Crippen molar-refractivity contribution < 1.29 is 9.59 Å². The number of carbonyl (C=O) groups excluding carboxylic acids is 2. The predicted octanol–water partition coefficient (Wildman–Crippen LogP) is 2.73. The smallest absolute Gasteiger partial charge is 0.323 e. The van der Waals surface area contributed by atoms with E-state index in [0.29, 0.717) is 19.1 Å². The molecule has 3 amide bonds. The van der Waals surface area contributed by atoms with Crippen molar-refractivity contribution in [2.45, 2.75) is 65.0 Å². The van der Waals surface area contributed by atoms with Crippen LogP contribution in [0.15, 0.2) is 12.4 Å². The van der Waals surface area contributed by atoms with Crippen LogP contribution in [0.25, 0.3) is 0 Å². The van der Waals surface area contributed by atoms with E-state index in [1.165, 1.54) is 4.90 Å². The summed E-state index contributed by atoms with van der Waals surface area (Å²) in [6.07, 6.45) is 8.36. The molecule has 2 heterocycles. The van der Waals surface area contributed by atoms with E-state index in [1.807, 2.05) is 25.2 Å². The molecule has 1 aromatic heterocycles. The van der Waals surface area contributed by atoms with Gasteiger partial charge in [-0.15, -0.1) is 0 Å². The fraction of sp³-hybridized carbons (Fsp3) is 0.750. The number of hydrogen-bond donors (Lipinski definition) is 1. The zero-order chi connectivity index (χ0) is 19.8. The summed E-state index contributed by atoms with van der Waals surface area (Å²) in [5.41, 5.74) is 0.660. The summed E-state index contributed by atoms with van der Waals surface area (Å²) >= 11 is 0. The summed E-state index contributed by atoms with van der Waals surface area (Å²) in [6.45, 7) is 7.79. The van der Waals surface area contributed by atoms with Crippen LogP contribution < -0.4 is 5.32 Å². The van der Waals surface area contributed by atoms with Crippen LogP contribution in [0.4, 0.5) is 4.79 Å². The molecule has 0 atom stereocenters. The number of aromatic nitrogens is 2. The van der Waals surface area contributed by atoms with Crippen LogP contribution >= 0.6 is 0 Å². The molecule has 1 spiro atoms. The first-order chi connectivity index (χ1) is 12.7. The Hall–Kier alpha value is -1.89. The molecule has 1 aliphatic carbocycles. The van der Waals surface area contributed by atoms with Gasteiger partial charge in [0.2, 0.25) is 0 Å². The number of hydrogen-bond acceptors (Lipinski definition) is 4. The summed E-state index contributed by atoms with van der Waals surface area (Å²) < 4.78 is 1.75. The number of amides is 3. The molecule has 7 nitrogen and oxygen atoms in total. The van der Waals surface area contributed by atoms with Gasteiger partial charge in [-0.3, -0.25) is 14.4 Å². The van der Waals surface area contributed by atoms with Crippen molar-refractivity contribution in [2.75, 3.05) is 13.7 Å². The maximum Gasteiger partial charge on any atom is 0.326 e. The molecule has 1 saturated heterocycles. The van der Waals surface area contributed by atoms with Gasteiger partial charge in [0.05, 0.1) is 12.9 Å². The van der Waals surface area contributed by atoms with Crippen LogP contribution in [-0.4, -0.2) is 50.8 Å². The monoisotopic (exact) mass is 375 g/mol. The molecule has 3 rings (SSSR count). The second-order valence-corrected chi connectivity index (χ2v) is 9.04. The highest BCUT2D eigenvalue weighted by Gasteiger charge is 2.53. The standard InChI is InChI=1S/C20H33N5O2/c1-6-19(2,3)16-7-9-20(10-8-16)17(26)25(18(27)22-20)14-23(4)12-15-11-21-24(5)13-15/h11,13,16H,6-10,12,14H2,1-5H3,(H,22,27). The Kier molecular flexibility index (Phi) is 5.34. The van der Waals surface area contributed by atoms with E-state index in [1.54, 1.807) is 10.9 Å². The highest BCUT2D eigenvalue weighted by atomic mass is 16.2. The van der Waals surface area contributed by atoms with Crippen LogP contribution in [-0.2, 0) is 18.4 Å². The van der Waals surface area contributed by atoms with Crippen molar-refractivity contribution >= 4 is 11.9 Å². The summed E-state index contributed by atoms with van der Waals surface area (Å²) in [5.74, 6) is 0.554. The molecule has 0 aromatic carbocycles. The van der Waals surface area contributed by atoms with E-state index in [2.05, 4.69) is 31.2 Å². The number of imide groups is 1. The molecule has 7 heteroatoms. The van der Waals surface area contributed by atoms with Crippen molar-refractivity contribution in [3.8, 4) is 0 Å². The third-order valence-corrected chi connectivity index (χ3v) is 6.70. The molecule has 2 aliphatic rings. The number of rotatable bonds is 6. The predicted molar refractivity (Wildman–Crippen MR) is 104 cm³/mol. The molecule has 27 heavy (non-hydrogen) atoms. The first-order valence-electron chi connectivity index (χ1n) is 9.97. The van der Waals surface area contributed by atoms with Crippen LogP contribution in [0.5, 0.6) is 0 Å². The van der Waals surface area contributed by atoms with Crippen LogP contribution in [0, 0.1) is 11.3 Å². The van der Waals surface area contributed by atoms with Crippen LogP contribution in [0.2, 0.25) is 0 Å². The lowest BCUT2D eigenvalue weighted by Gasteiger charge is -2.42. The van der Waals surface area contributed by atoms with E-state index in [0.717, 1.165) is 37.7 Å². The number of nitrogens with zero attached hydrogens (tertiary/aromatic N) is 4. The van der Waals surface area contributed by atoms with Crippen molar-refractivity contribution in [1.29, 1.82) is 0 Å². The first kappa shape index (κ1) is 19.9. The normalized spacial score (nSPS) is 26.3. The topological polar surface area (TPSA) is 70.5 Å². The molecule has 1 aliphatic heterocycles. The van der Waals surface area contributed by atoms with Gasteiger partial charge in [0.25, 0.3) is 5.91 Å². The van der Waals surface area contributed by atoms with E-state index in [-0.39, 0.29) is 17.4 Å². The third kappa shape index (κ3) is 3.88. The number of nitrogens with one attached hydrogen (secondary N) is 1. The Morgan fingerprint density at radius 2 is 2.00 bits per heavy atom. The van der Waals surface area contributed by atoms with Gasteiger partial charge in [-0.25, -0.2) is 9.69 Å². The van der Waals surface area contributed by atoms with Crippen molar-refractivity contribution in [2.24, 2.45) is 18.4 Å².